The van der Waals surface area contributed by atoms with E-state index in [0.717, 1.165) is 12.8 Å². The smallest absolute Gasteiger partial charge is 0.358 e. The molecule has 1 saturated carbocycles. The number of aromatic nitrogens is 2. The molecule has 16 heavy (non-hydrogen) atoms. The molecule has 84 valence electrons. The summed E-state index contributed by atoms with van der Waals surface area (Å²) in [6.07, 6.45) is 6.80. The maximum absolute atomic E-state index is 11.0. The molecular formula is C11H13N3O2. The second kappa shape index (κ2) is 4.30. The number of carboxylic acids is 1. The number of hydrogen-bond donors (Lipinski definition) is 1. The zero-order valence-electron chi connectivity index (χ0n) is 8.83. The number of carboxylic acid groups (broad SMARTS) is 1. The zero-order valence-corrected chi connectivity index (χ0v) is 8.83. The number of hydrogen-bond acceptors (Lipinski definition) is 4. The molecule has 1 aromatic rings. The number of rotatable bonds is 5. The summed E-state index contributed by atoms with van der Waals surface area (Å²) < 4.78 is 0. The molecule has 1 aromatic heterocycles. The SMILES string of the molecule is C=CCN(c1nccnc1C(=O)O)C1CC1. The van der Waals surface area contributed by atoms with Gasteiger partial charge < -0.3 is 10.0 Å². The zero-order chi connectivity index (χ0) is 11.5. The first-order chi connectivity index (χ1) is 7.74. The summed E-state index contributed by atoms with van der Waals surface area (Å²) in [5.74, 6) is -0.602. The van der Waals surface area contributed by atoms with Crippen LogP contribution in [0.5, 0.6) is 0 Å². The minimum atomic E-state index is -1.04. The highest BCUT2D eigenvalue weighted by Gasteiger charge is 2.32. The second-order valence-corrected chi connectivity index (χ2v) is 3.71. The first kappa shape index (κ1) is 10.6. The van der Waals surface area contributed by atoms with Crippen LogP contribution in [0.4, 0.5) is 5.82 Å². The van der Waals surface area contributed by atoms with Gasteiger partial charge in [-0.3, -0.25) is 0 Å². The largest absolute Gasteiger partial charge is 0.476 e. The van der Waals surface area contributed by atoms with E-state index in [-0.39, 0.29) is 5.69 Å². The van der Waals surface area contributed by atoms with Crippen molar-refractivity contribution in [3.05, 3.63) is 30.7 Å². The lowest BCUT2D eigenvalue weighted by molar-refractivity contribution is 0.0690. The van der Waals surface area contributed by atoms with E-state index >= 15 is 0 Å². The lowest BCUT2D eigenvalue weighted by Crippen LogP contribution is -2.29. The Morgan fingerprint density at radius 1 is 1.56 bits per heavy atom. The van der Waals surface area contributed by atoms with Crippen molar-refractivity contribution in [1.29, 1.82) is 0 Å². The van der Waals surface area contributed by atoms with Crippen molar-refractivity contribution in [2.24, 2.45) is 0 Å². The van der Waals surface area contributed by atoms with Crippen LogP contribution in [0.25, 0.3) is 0 Å². The van der Waals surface area contributed by atoms with E-state index in [4.69, 9.17) is 5.11 Å². The summed E-state index contributed by atoms with van der Waals surface area (Å²) >= 11 is 0. The van der Waals surface area contributed by atoms with Gasteiger partial charge in [-0.15, -0.1) is 6.58 Å². The normalized spacial score (nSPS) is 14.5. The summed E-state index contributed by atoms with van der Waals surface area (Å²) in [5.41, 5.74) is 0.0104. The average molecular weight is 219 g/mol. The van der Waals surface area contributed by atoms with Crippen molar-refractivity contribution in [2.45, 2.75) is 18.9 Å². The minimum Gasteiger partial charge on any atom is -0.476 e. The highest BCUT2D eigenvalue weighted by atomic mass is 16.4. The highest BCUT2D eigenvalue weighted by molar-refractivity contribution is 5.91. The number of anilines is 1. The molecule has 1 fully saturated rings. The number of nitrogens with zero attached hydrogens (tertiary/aromatic N) is 3. The predicted octanol–water partition coefficient (Wildman–Crippen LogP) is 1.33. The van der Waals surface area contributed by atoms with Gasteiger partial charge in [-0.1, -0.05) is 6.08 Å². The molecule has 0 unspecified atom stereocenters. The summed E-state index contributed by atoms with van der Waals surface area (Å²) in [4.78, 5) is 20.9. The van der Waals surface area contributed by atoms with Crippen molar-refractivity contribution in [1.82, 2.24) is 9.97 Å². The van der Waals surface area contributed by atoms with Gasteiger partial charge in [0.2, 0.25) is 0 Å². The first-order valence-corrected chi connectivity index (χ1v) is 5.16. The monoisotopic (exact) mass is 219 g/mol. The van der Waals surface area contributed by atoms with Crippen LogP contribution in [0.15, 0.2) is 25.0 Å². The first-order valence-electron chi connectivity index (χ1n) is 5.16. The fraction of sp³-hybridized carbons (Fsp3) is 0.364. The molecule has 0 amide bonds. The Labute approximate surface area is 93.4 Å². The van der Waals surface area contributed by atoms with E-state index in [9.17, 15) is 4.79 Å². The fourth-order valence-corrected chi connectivity index (χ4v) is 1.63. The molecule has 0 radical (unpaired) electrons. The van der Waals surface area contributed by atoms with Crippen LogP contribution in [0, 0.1) is 0 Å². The Kier molecular flexibility index (Phi) is 2.85. The maximum Gasteiger partial charge on any atom is 0.358 e. The third kappa shape index (κ3) is 2.03. The standard InChI is InChI=1S/C11H13N3O2/c1-2-7-14(8-3-4-8)10-9(11(15)16)12-5-6-13-10/h2,5-6,8H,1,3-4,7H2,(H,15,16). The summed E-state index contributed by atoms with van der Waals surface area (Å²) in [5, 5.41) is 9.03. The highest BCUT2D eigenvalue weighted by Crippen LogP contribution is 2.31. The summed E-state index contributed by atoms with van der Waals surface area (Å²) in [6.45, 7) is 4.27. The number of aromatic carboxylic acids is 1. The van der Waals surface area contributed by atoms with Crippen LogP contribution in [0.2, 0.25) is 0 Å². The van der Waals surface area contributed by atoms with Gasteiger partial charge in [-0.2, -0.15) is 0 Å². The van der Waals surface area contributed by atoms with Gasteiger partial charge in [0.25, 0.3) is 0 Å². The van der Waals surface area contributed by atoms with E-state index in [0.29, 0.717) is 18.4 Å². The van der Waals surface area contributed by atoms with Crippen LogP contribution in [-0.4, -0.2) is 33.6 Å². The van der Waals surface area contributed by atoms with Gasteiger partial charge in [-0.25, -0.2) is 14.8 Å². The minimum absolute atomic E-state index is 0.0104. The van der Waals surface area contributed by atoms with Gasteiger partial charge in [-0.05, 0) is 12.8 Å². The van der Waals surface area contributed by atoms with Crippen LogP contribution >= 0.6 is 0 Å². The molecule has 0 aliphatic heterocycles. The van der Waals surface area contributed by atoms with Gasteiger partial charge in [0.15, 0.2) is 11.5 Å². The van der Waals surface area contributed by atoms with Gasteiger partial charge in [0.05, 0.1) is 0 Å². The van der Waals surface area contributed by atoms with Crippen LogP contribution < -0.4 is 4.90 Å². The van der Waals surface area contributed by atoms with Gasteiger partial charge in [0.1, 0.15) is 0 Å². The lowest BCUT2D eigenvalue weighted by Gasteiger charge is -2.22. The molecule has 0 bridgehead atoms. The van der Waals surface area contributed by atoms with Crippen LogP contribution in [-0.2, 0) is 0 Å². The molecule has 1 N–H and O–H groups in total. The molecule has 2 rings (SSSR count). The van der Waals surface area contributed by atoms with Crippen molar-refractivity contribution in [2.75, 3.05) is 11.4 Å². The Morgan fingerprint density at radius 3 is 2.81 bits per heavy atom. The molecule has 5 heteroatoms. The van der Waals surface area contributed by atoms with Crippen molar-refractivity contribution < 1.29 is 9.90 Å². The van der Waals surface area contributed by atoms with Gasteiger partial charge in [0, 0.05) is 25.0 Å². The Morgan fingerprint density at radius 2 is 2.25 bits per heavy atom. The summed E-state index contributed by atoms with van der Waals surface area (Å²) in [6, 6.07) is 0.382. The van der Waals surface area contributed by atoms with E-state index in [1.54, 1.807) is 6.08 Å². The van der Waals surface area contributed by atoms with Gasteiger partial charge >= 0.3 is 5.97 Å². The topological polar surface area (TPSA) is 66.3 Å². The van der Waals surface area contributed by atoms with Crippen molar-refractivity contribution in [3.63, 3.8) is 0 Å². The number of carbonyl (C=O) groups is 1. The lowest BCUT2D eigenvalue weighted by atomic mass is 10.3. The maximum atomic E-state index is 11.0. The molecule has 1 aliphatic carbocycles. The summed E-state index contributed by atoms with van der Waals surface area (Å²) in [7, 11) is 0. The fourth-order valence-electron chi connectivity index (χ4n) is 1.63. The van der Waals surface area contributed by atoms with E-state index < -0.39 is 5.97 Å². The Balaban J connectivity index is 2.35. The van der Waals surface area contributed by atoms with E-state index in [2.05, 4.69) is 16.5 Å². The predicted molar refractivity (Wildman–Crippen MR) is 59.6 cm³/mol. The third-order valence-electron chi connectivity index (χ3n) is 2.47. The molecule has 1 heterocycles. The molecule has 0 aromatic carbocycles. The van der Waals surface area contributed by atoms with Crippen LogP contribution in [0.3, 0.4) is 0 Å². The molecule has 5 nitrogen and oxygen atoms in total. The van der Waals surface area contributed by atoms with Crippen molar-refractivity contribution in [3.8, 4) is 0 Å². The Hall–Kier alpha value is -1.91. The molecule has 0 atom stereocenters. The molecule has 0 saturated heterocycles. The van der Waals surface area contributed by atoms with Crippen molar-refractivity contribution >= 4 is 11.8 Å². The quantitative estimate of drug-likeness (QED) is 0.757. The molecular weight excluding hydrogens is 206 g/mol. The molecule has 1 aliphatic rings. The average Bonchev–Trinajstić information content (AvgIpc) is 3.10. The van der Waals surface area contributed by atoms with Crippen LogP contribution in [0.1, 0.15) is 23.3 Å². The Bertz CT molecular complexity index is 415. The van der Waals surface area contributed by atoms with E-state index in [1.165, 1.54) is 12.4 Å². The third-order valence-corrected chi connectivity index (χ3v) is 2.47. The molecule has 0 spiro atoms. The second-order valence-electron chi connectivity index (χ2n) is 3.71. The van der Waals surface area contributed by atoms with E-state index in [1.807, 2.05) is 4.90 Å².